The van der Waals surface area contributed by atoms with Gasteiger partial charge in [-0.25, -0.2) is 9.98 Å². The lowest BCUT2D eigenvalue weighted by Crippen LogP contribution is -2.37. The van der Waals surface area contributed by atoms with Crippen molar-refractivity contribution in [2.24, 2.45) is 4.99 Å². The first-order valence-corrected chi connectivity index (χ1v) is 7.83. The molecule has 1 unspecified atom stereocenters. The summed E-state index contributed by atoms with van der Waals surface area (Å²) in [7, 11) is 2.00. The van der Waals surface area contributed by atoms with Crippen LogP contribution in [0.4, 0.5) is 5.69 Å². The van der Waals surface area contributed by atoms with Crippen molar-refractivity contribution in [2.45, 2.75) is 19.9 Å². The Kier molecular flexibility index (Phi) is 3.85. The van der Waals surface area contributed by atoms with E-state index < -0.39 is 0 Å². The van der Waals surface area contributed by atoms with E-state index in [0.717, 1.165) is 22.3 Å². The SMILES string of the molecule is Cc1nc(C)c(C2C=CN=C(Nc3cccc(O)c3)N2C)s1. The summed E-state index contributed by atoms with van der Waals surface area (Å²) in [4.78, 5) is 12.2. The molecule has 0 bridgehead atoms. The van der Waals surface area contributed by atoms with Crippen molar-refractivity contribution in [3.05, 3.63) is 52.1 Å². The summed E-state index contributed by atoms with van der Waals surface area (Å²) in [5, 5.41) is 13.9. The van der Waals surface area contributed by atoms with Gasteiger partial charge in [0.15, 0.2) is 0 Å². The van der Waals surface area contributed by atoms with Gasteiger partial charge < -0.3 is 15.3 Å². The second kappa shape index (κ2) is 5.81. The summed E-state index contributed by atoms with van der Waals surface area (Å²) < 4.78 is 0. The van der Waals surface area contributed by atoms with Crippen LogP contribution < -0.4 is 5.32 Å². The van der Waals surface area contributed by atoms with Crippen LogP contribution in [0.25, 0.3) is 0 Å². The number of anilines is 1. The van der Waals surface area contributed by atoms with Gasteiger partial charge in [0.25, 0.3) is 0 Å². The zero-order valence-corrected chi connectivity index (χ0v) is 13.6. The number of benzene rings is 1. The van der Waals surface area contributed by atoms with E-state index in [2.05, 4.69) is 26.3 Å². The second-order valence-corrected chi connectivity index (χ2v) is 6.44. The summed E-state index contributed by atoms with van der Waals surface area (Å²) in [6.07, 6.45) is 3.87. The van der Waals surface area contributed by atoms with E-state index in [0.29, 0.717) is 0 Å². The first-order valence-electron chi connectivity index (χ1n) is 7.02. The van der Waals surface area contributed by atoms with E-state index in [-0.39, 0.29) is 11.8 Å². The molecular weight excluding hydrogens is 296 g/mol. The minimum absolute atomic E-state index is 0.114. The molecule has 2 N–H and O–H groups in total. The topological polar surface area (TPSA) is 60.8 Å². The van der Waals surface area contributed by atoms with Crippen LogP contribution in [0.1, 0.15) is 21.6 Å². The fraction of sp³-hybridized carbons (Fsp3) is 0.250. The summed E-state index contributed by atoms with van der Waals surface area (Å²) in [5.74, 6) is 0.966. The Morgan fingerprint density at radius 3 is 2.82 bits per heavy atom. The van der Waals surface area contributed by atoms with Gasteiger partial charge in [-0.05, 0) is 32.1 Å². The van der Waals surface area contributed by atoms with Crippen LogP contribution in [0.5, 0.6) is 5.75 Å². The number of hydrogen-bond donors (Lipinski definition) is 2. The number of nitrogens with zero attached hydrogens (tertiary/aromatic N) is 3. The molecule has 1 atom stereocenters. The molecule has 22 heavy (non-hydrogen) atoms. The Morgan fingerprint density at radius 2 is 2.14 bits per heavy atom. The molecule has 0 saturated carbocycles. The number of phenolic OH excluding ortho intramolecular Hbond substituents is 1. The highest BCUT2D eigenvalue weighted by Gasteiger charge is 2.24. The maximum Gasteiger partial charge on any atom is 0.203 e. The molecule has 0 fully saturated rings. The summed E-state index contributed by atoms with van der Waals surface area (Å²) >= 11 is 1.71. The van der Waals surface area contributed by atoms with Crippen molar-refractivity contribution in [1.29, 1.82) is 0 Å². The highest BCUT2D eigenvalue weighted by Crippen LogP contribution is 2.31. The number of nitrogens with one attached hydrogen (secondary N) is 1. The zero-order valence-electron chi connectivity index (χ0n) is 12.7. The van der Waals surface area contributed by atoms with Crippen LogP contribution in [0.3, 0.4) is 0 Å². The summed E-state index contributed by atoms with van der Waals surface area (Å²) in [5.41, 5.74) is 1.86. The van der Waals surface area contributed by atoms with E-state index in [1.165, 1.54) is 4.88 Å². The van der Waals surface area contributed by atoms with E-state index in [4.69, 9.17) is 0 Å². The Morgan fingerprint density at radius 1 is 1.32 bits per heavy atom. The lowest BCUT2D eigenvalue weighted by Gasteiger charge is -2.30. The number of aliphatic imine (C=N–C) groups is 1. The normalized spacial score (nSPS) is 17.5. The maximum atomic E-state index is 9.56. The number of aromatic hydroxyl groups is 1. The molecule has 0 aliphatic carbocycles. The predicted octanol–water partition coefficient (Wildman–Crippen LogP) is 3.43. The minimum Gasteiger partial charge on any atom is -0.508 e. The Hall–Kier alpha value is -2.34. The molecule has 114 valence electrons. The Balaban J connectivity index is 1.84. The molecule has 1 aromatic heterocycles. The number of thiazole rings is 1. The largest absolute Gasteiger partial charge is 0.508 e. The van der Waals surface area contributed by atoms with Gasteiger partial charge in [0, 0.05) is 25.0 Å². The number of hydrogen-bond acceptors (Lipinski definition) is 6. The standard InChI is InChI=1S/C16H18N4OS/c1-10-15(22-11(2)18-10)14-7-8-17-16(20(14)3)19-12-5-4-6-13(21)9-12/h4-9,14,21H,1-3H3,(H,17,19). The van der Waals surface area contributed by atoms with Crippen molar-refractivity contribution in [3.63, 3.8) is 0 Å². The van der Waals surface area contributed by atoms with E-state index in [1.54, 1.807) is 29.5 Å². The van der Waals surface area contributed by atoms with E-state index >= 15 is 0 Å². The first-order chi connectivity index (χ1) is 10.5. The third-order valence-corrected chi connectivity index (χ3v) is 4.67. The van der Waals surface area contributed by atoms with Crippen LogP contribution in [-0.2, 0) is 0 Å². The Labute approximate surface area is 133 Å². The van der Waals surface area contributed by atoms with Gasteiger partial charge in [-0.15, -0.1) is 11.3 Å². The number of aryl methyl sites for hydroxylation is 2. The lowest BCUT2D eigenvalue weighted by molar-refractivity contribution is 0.434. The highest BCUT2D eigenvalue weighted by atomic mass is 32.1. The van der Waals surface area contributed by atoms with E-state index in [9.17, 15) is 5.11 Å². The number of guanidine groups is 1. The van der Waals surface area contributed by atoms with Crippen molar-refractivity contribution >= 4 is 23.0 Å². The quantitative estimate of drug-likeness (QED) is 0.891. The zero-order chi connectivity index (χ0) is 15.7. The monoisotopic (exact) mass is 314 g/mol. The third kappa shape index (κ3) is 2.82. The van der Waals surface area contributed by atoms with Gasteiger partial charge in [0.2, 0.25) is 5.96 Å². The molecule has 1 aliphatic rings. The molecule has 0 amide bonds. The van der Waals surface area contributed by atoms with Crippen molar-refractivity contribution in [3.8, 4) is 5.75 Å². The fourth-order valence-electron chi connectivity index (χ4n) is 2.47. The minimum atomic E-state index is 0.114. The van der Waals surface area contributed by atoms with Crippen LogP contribution >= 0.6 is 11.3 Å². The van der Waals surface area contributed by atoms with Gasteiger partial charge >= 0.3 is 0 Å². The van der Waals surface area contributed by atoms with Crippen molar-refractivity contribution < 1.29 is 5.11 Å². The first kappa shape index (κ1) is 14.6. The molecule has 0 radical (unpaired) electrons. The average Bonchev–Trinajstić information content (AvgIpc) is 2.80. The average molecular weight is 314 g/mol. The summed E-state index contributed by atoms with van der Waals surface area (Å²) in [6, 6.07) is 7.12. The lowest BCUT2D eigenvalue weighted by atomic mass is 10.1. The van der Waals surface area contributed by atoms with Crippen LogP contribution in [0, 0.1) is 13.8 Å². The number of likely N-dealkylation sites (N-methyl/N-ethyl adjacent to an activating group) is 1. The number of phenols is 1. The molecular formula is C16H18N4OS. The molecule has 1 aliphatic heterocycles. The molecule has 1 aromatic carbocycles. The van der Waals surface area contributed by atoms with Crippen LogP contribution in [-0.4, -0.2) is 28.0 Å². The van der Waals surface area contributed by atoms with Gasteiger partial charge in [0.05, 0.1) is 21.6 Å². The van der Waals surface area contributed by atoms with Gasteiger partial charge in [-0.1, -0.05) is 6.07 Å². The maximum absolute atomic E-state index is 9.56. The van der Waals surface area contributed by atoms with Crippen molar-refractivity contribution in [1.82, 2.24) is 9.88 Å². The highest BCUT2D eigenvalue weighted by molar-refractivity contribution is 7.11. The molecule has 0 saturated heterocycles. The van der Waals surface area contributed by atoms with Crippen LogP contribution in [0.2, 0.25) is 0 Å². The molecule has 3 rings (SSSR count). The molecule has 5 nitrogen and oxygen atoms in total. The number of aromatic nitrogens is 1. The Bertz CT molecular complexity index is 750. The smallest absolute Gasteiger partial charge is 0.203 e. The number of rotatable bonds is 2. The van der Waals surface area contributed by atoms with Gasteiger partial charge in [-0.2, -0.15) is 0 Å². The molecule has 2 heterocycles. The second-order valence-electron chi connectivity index (χ2n) is 5.21. The third-order valence-electron chi connectivity index (χ3n) is 3.53. The molecule has 0 spiro atoms. The van der Waals surface area contributed by atoms with E-state index in [1.807, 2.05) is 33.2 Å². The molecule has 2 aromatic rings. The van der Waals surface area contributed by atoms with Crippen LogP contribution in [0.15, 0.2) is 41.5 Å². The van der Waals surface area contributed by atoms with Crippen molar-refractivity contribution in [2.75, 3.05) is 12.4 Å². The van der Waals surface area contributed by atoms with Gasteiger partial charge in [0.1, 0.15) is 5.75 Å². The summed E-state index contributed by atoms with van der Waals surface area (Å²) in [6.45, 7) is 4.06. The fourth-order valence-corrected chi connectivity index (χ4v) is 3.52. The molecule has 6 heteroatoms. The van der Waals surface area contributed by atoms with Gasteiger partial charge in [-0.3, -0.25) is 0 Å². The predicted molar refractivity (Wildman–Crippen MR) is 90.4 cm³/mol.